The molecule has 0 aliphatic carbocycles. The Morgan fingerprint density at radius 1 is 1.00 bits per heavy atom. The largest absolute Gasteiger partial charge is 0.484 e. The molecule has 1 heterocycles. The molecule has 0 bridgehead atoms. The Morgan fingerprint density at radius 3 is 2.06 bits per heavy atom. The summed E-state index contributed by atoms with van der Waals surface area (Å²) in [6.07, 6.45) is -17.6. The molecule has 0 saturated carbocycles. The first-order chi connectivity index (χ1) is 14.8. The van der Waals surface area contributed by atoms with Crippen LogP contribution in [0.1, 0.15) is 11.6 Å². The van der Waals surface area contributed by atoms with Crippen molar-refractivity contribution in [1.82, 2.24) is 9.80 Å². The van der Waals surface area contributed by atoms with Gasteiger partial charge in [-0.2, -0.15) is 26.3 Å². The van der Waals surface area contributed by atoms with Crippen LogP contribution in [0.3, 0.4) is 0 Å². The number of nitrogens with zero attached hydrogens (tertiary/aromatic N) is 2. The van der Waals surface area contributed by atoms with Crippen LogP contribution in [-0.4, -0.2) is 79.1 Å². The summed E-state index contributed by atoms with van der Waals surface area (Å²) in [5.41, 5.74) is 0.359. The highest BCUT2D eigenvalue weighted by atomic mass is 35.5. The summed E-state index contributed by atoms with van der Waals surface area (Å²) < 4.78 is 98.3. The molecule has 1 aliphatic heterocycles. The molecular weight excluding hydrogens is 477 g/mol. The quantitative estimate of drug-likeness (QED) is 0.422. The Hall–Kier alpha value is -2.28. The van der Waals surface area contributed by atoms with E-state index in [1.54, 1.807) is 17.0 Å². The lowest BCUT2D eigenvalue weighted by Gasteiger charge is -2.38. The Kier molecular flexibility index (Phi) is 8.57. The van der Waals surface area contributed by atoms with Crippen LogP contribution in [0.2, 0.25) is 0 Å². The van der Waals surface area contributed by atoms with Gasteiger partial charge in [-0.15, -0.1) is 0 Å². The lowest BCUT2D eigenvalue weighted by Crippen LogP contribution is -2.53. The molecule has 2 rings (SSSR count). The standard InChI is InChI=1S/C18H18ClF7N2O4/c19-14(29)10-31-13-4-2-1-3-11(13)12(9-20)27-5-7-28(8-6-27)16(30)32-15(17(21,22)23)18(24,25)26/h1-4,12,15H,5-10H2. The third kappa shape index (κ3) is 6.86. The molecule has 0 N–H and O–H groups in total. The van der Waals surface area contributed by atoms with Gasteiger partial charge in [0.25, 0.3) is 11.3 Å². The van der Waals surface area contributed by atoms with E-state index in [9.17, 15) is 40.3 Å². The minimum absolute atomic E-state index is 0.0604. The monoisotopic (exact) mass is 494 g/mol. The van der Waals surface area contributed by atoms with Crippen molar-refractivity contribution in [2.75, 3.05) is 39.5 Å². The van der Waals surface area contributed by atoms with Gasteiger partial charge in [0.05, 0.1) is 6.04 Å². The van der Waals surface area contributed by atoms with E-state index >= 15 is 0 Å². The number of carbonyl (C=O) groups excluding carboxylic acids is 2. The number of hydrogen-bond donors (Lipinski definition) is 0. The number of alkyl halides is 7. The van der Waals surface area contributed by atoms with Gasteiger partial charge in [-0.25, -0.2) is 9.18 Å². The molecular formula is C18H18ClF7N2O4. The topological polar surface area (TPSA) is 59.1 Å². The van der Waals surface area contributed by atoms with Crippen LogP contribution in [-0.2, 0) is 9.53 Å². The number of rotatable bonds is 7. The summed E-state index contributed by atoms with van der Waals surface area (Å²) >= 11 is 5.24. The fourth-order valence-electron chi connectivity index (χ4n) is 3.11. The molecule has 14 heteroatoms. The highest BCUT2D eigenvalue weighted by Crippen LogP contribution is 2.36. The van der Waals surface area contributed by atoms with E-state index in [1.807, 2.05) is 0 Å². The van der Waals surface area contributed by atoms with Crippen LogP contribution in [0.4, 0.5) is 35.5 Å². The third-order valence-corrected chi connectivity index (χ3v) is 4.70. The molecule has 0 aromatic heterocycles. The number of benzene rings is 1. The van der Waals surface area contributed by atoms with Gasteiger partial charge in [0.2, 0.25) is 0 Å². The number of para-hydroxylation sites is 1. The second-order valence-corrected chi connectivity index (χ2v) is 7.14. The van der Waals surface area contributed by atoms with Gasteiger partial charge in [0, 0.05) is 31.7 Å². The van der Waals surface area contributed by atoms with Crippen LogP contribution in [0, 0.1) is 0 Å². The number of hydrogen-bond acceptors (Lipinski definition) is 5. The zero-order valence-electron chi connectivity index (χ0n) is 16.3. The van der Waals surface area contributed by atoms with Crippen molar-refractivity contribution < 1.29 is 49.8 Å². The molecule has 0 spiro atoms. The zero-order valence-corrected chi connectivity index (χ0v) is 17.0. The van der Waals surface area contributed by atoms with Crippen molar-refractivity contribution in [3.05, 3.63) is 29.8 Å². The number of halogens is 8. The first-order valence-corrected chi connectivity index (χ1v) is 9.51. The van der Waals surface area contributed by atoms with Crippen molar-refractivity contribution in [3.8, 4) is 5.75 Å². The highest BCUT2D eigenvalue weighted by molar-refractivity contribution is 6.63. The molecule has 0 radical (unpaired) electrons. The Labute approximate surface area is 182 Å². The first kappa shape index (κ1) is 26.0. The summed E-state index contributed by atoms with van der Waals surface area (Å²) in [4.78, 5) is 25.0. The van der Waals surface area contributed by atoms with E-state index in [0.29, 0.717) is 10.5 Å². The van der Waals surface area contributed by atoms with Crippen molar-refractivity contribution in [2.24, 2.45) is 0 Å². The minimum atomic E-state index is -5.82. The molecule has 1 atom stereocenters. The molecule has 6 nitrogen and oxygen atoms in total. The van der Waals surface area contributed by atoms with Crippen LogP contribution >= 0.6 is 11.6 Å². The van der Waals surface area contributed by atoms with Gasteiger partial charge in [-0.3, -0.25) is 9.69 Å². The van der Waals surface area contributed by atoms with Gasteiger partial charge in [0.1, 0.15) is 12.4 Å². The van der Waals surface area contributed by atoms with Crippen molar-refractivity contribution in [2.45, 2.75) is 24.5 Å². The molecule has 1 aromatic carbocycles. The van der Waals surface area contributed by atoms with Crippen molar-refractivity contribution in [3.63, 3.8) is 0 Å². The van der Waals surface area contributed by atoms with Gasteiger partial charge in [0.15, 0.2) is 6.61 Å². The third-order valence-electron chi connectivity index (χ3n) is 4.59. The summed E-state index contributed by atoms with van der Waals surface area (Å²) in [7, 11) is 0. The maximum Gasteiger partial charge on any atom is 0.434 e. The predicted molar refractivity (Wildman–Crippen MR) is 97.0 cm³/mol. The summed E-state index contributed by atoms with van der Waals surface area (Å²) in [5.74, 6) is 0.184. The van der Waals surface area contributed by atoms with Crippen LogP contribution in [0.5, 0.6) is 5.75 Å². The Balaban J connectivity index is 2.05. The molecule has 1 unspecified atom stereocenters. The van der Waals surface area contributed by atoms with Crippen LogP contribution in [0.15, 0.2) is 24.3 Å². The van der Waals surface area contributed by atoms with E-state index in [0.717, 1.165) is 0 Å². The van der Waals surface area contributed by atoms with Gasteiger partial charge in [-0.1, -0.05) is 18.2 Å². The second kappa shape index (κ2) is 10.6. The van der Waals surface area contributed by atoms with E-state index in [2.05, 4.69) is 4.74 Å². The normalized spacial score (nSPS) is 16.7. The average molecular weight is 495 g/mol. The summed E-state index contributed by atoms with van der Waals surface area (Å²) in [5, 5.41) is -0.778. The molecule has 180 valence electrons. The number of ether oxygens (including phenoxy) is 2. The molecule has 1 aromatic rings. The maximum absolute atomic E-state index is 13.9. The fourth-order valence-corrected chi connectivity index (χ4v) is 3.16. The summed E-state index contributed by atoms with van der Waals surface area (Å²) in [6.45, 7) is -2.08. The first-order valence-electron chi connectivity index (χ1n) is 9.13. The molecule has 1 saturated heterocycles. The van der Waals surface area contributed by atoms with E-state index in [4.69, 9.17) is 16.3 Å². The number of carbonyl (C=O) groups is 2. The predicted octanol–water partition coefficient (Wildman–Crippen LogP) is 4.09. The van der Waals surface area contributed by atoms with Crippen molar-refractivity contribution in [1.29, 1.82) is 0 Å². The lowest BCUT2D eigenvalue weighted by molar-refractivity contribution is -0.308. The van der Waals surface area contributed by atoms with E-state index in [-0.39, 0.29) is 31.9 Å². The molecule has 32 heavy (non-hydrogen) atoms. The number of piperazine rings is 1. The van der Waals surface area contributed by atoms with Gasteiger partial charge >= 0.3 is 18.4 Å². The molecule has 1 fully saturated rings. The SMILES string of the molecule is O=C(Cl)COc1ccccc1C(CF)N1CCN(C(=O)OC(C(F)(F)F)C(F)(F)F)CC1. The maximum atomic E-state index is 13.9. The van der Waals surface area contributed by atoms with Crippen LogP contribution in [0.25, 0.3) is 0 Å². The van der Waals surface area contributed by atoms with Crippen molar-refractivity contribution >= 4 is 22.9 Å². The zero-order chi connectivity index (χ0) is 24.1. The second-order valence-electron chi connectivity index (χ2n) is 6.72. The highest BCUT2D eigenvalue weighted by Gasteiger charge is 2.60. The molecule has 1 amide bonds. The Bertz CT molecular complexity index is 784. The number of amides is 1. The lowest BCUT2D eigenvalue weighted by atomic mass is 10.0. The average Bonchev–Trinajstić information content (AvgIpc) is 2.70. The van der Waals surface area contributed by atoms with E-state index < -0.39 is 49.1 Å². The Morgan fingerprint density at radius 2 is 1.56 bits per heavy atom. The summed E-state index contributed by atoms with van der Waals surface area (Å²) in [6, 6.07) is 5.30. The minimum Gasteiger partial charge on any atom is -0.484 e. The van der Waals surface area contributed by atoms with Crippen LogP contribution < -0.4 is 4.74 Å². The molecule has 1 aliphatic rings. The van der Waals surface area contributed by atoms with Gasteiger partial charge in [-0.05, 0) is 17.7 Å². The smallest absolute Gasteiger partial charge is 0.434 e. The van der Waals surface area contributed by atoms with E-state index in [1.165, 1.54) is 12.1 Å². The van der Waals surface area contributed by atoms with Gasteiger partial charge < -0.3 is 14.4 Å². The fraction of sp³-hybridized carbons (Fsp3) is 0.556.